The zero-order valence-corrected chi connectivity index (χ0v) is 13.2. The van der Waals surface area contributed by atoms with E-state index >= 15 is 0 Å². The van der Waals surface area contributed by atoms with Gasteiger partial charge < -0.3 is 15.0 Å². The van der Waals surface area contributed by atoms with E-state index in [1.807, 2.05) is 19.2 Å². The molecule has 6 heteroatoms. The minimum Gasteiger partial charge on any atom is -0.397 e. The van der Waals surface area contributed by atoms with Crippen molar-refractivity contribution in [1.29, 1.82) is 0 Å². The van der Waals surface area contributed by atoms with Crippen molar-refractivity contribution in [3.63, 3.8) is 0 Å². The van der Waals surface area contributed by atoms with E-state index in [-0.39, 0.29) is 0 Å². The average Bonchev–Trinajstić information content (AvgIpc) is 3.05. The summed E-state index contributed by atoms with van der Waals surface area (Å²) in [5, 5.41) is 6.11. The summed E-state index contributed by atoms with van der Waals surface area (Å²) in [5.74, 6) is 1.08. The zero-order valence-electron chi connectivity index (χ0n) is 12.4. The van der Waals surface area contributed by atoms with Crippen LogP contribution in [0.5, 0.6) is 0 Å². The van der Waals surface area contributed by atoms with Crippen molar-refractivity contribution in [2.75, 3.05) is 12.3 Å². The third-order valence-corrected chi connectivity index (χ3v) is 4.72. The van der Waals surface area contributed by atoms with Crippen LogP contribution in [-0.2, 0) is 10.3 Å². The third kappa shape index (κ3) is 2.45. The van der Waals surface area contributed by atoms with Crippen LogP contribution in [0.2, 0.25) is 0 Å². The molecule has 2 N–H and O–H groups in total. The number of thiophene rings is 1. The Balaban J connectivity index is 2.39. The van der Waals surface area contributed by atoms with Gasteiger partial charge in [-0.1, -0.05) is 19.0 Å². The Hall–Kier alpha value is -1.40. The van der Waals surface area contributed by atoms with Gasteiger partial charge in [-0.2, -0.15) is 4.98 Å². The van der Waals surface area contributed by atoms with E-state index in [1.165, 1.54) is 11.3 Å². The molecule has 0 aliphatic carbocycles. The molecule has 0 radical (unpaired) electrons. The molecule has 0 atom stereocenters. The maximum atomic E-state index is 6.03. The molecule has 110 valence electrons. The lowest BCUT2D eigenvalue weighted by Gasteiger charge is -2.27. The number of aryl methyl sites for hydroxylation is 1. The number of hydrogen-bond acceptors (Lipinski definition) is 6. The summed E-state index contributed by atoms with van der Waals surface area (Å²) in [6.07, 6.45) is 1.60. The van der Waals surface area contributed by atoms with Crippen LogP contribution in [0.25, 0.3) is 10.8 Å². The number of rotatable bonds is 6. The second-order valence-corrected chi connectivity index (χ2v) is 5.60. The van der Waals surface area contributed by atoms with Gasteiger partial charge in [0.05, 0.1) is 5.69 Å². The van der Waals surface area contributed by atoms with E-state index in [0.29, 0.717) is 24.0 Å². The lowest BCUT2D eigenvalue weighted by atomic mass is 9.96. The van der Waals surface area contributed by atoms with Crippen molar-refractivity contribution < 1.29 is 9.26 Å². The summed E-state index contributed by atoms with van der Waals surface area (Å²) < 4.78 is 11.3. The Labute approximate surface area is 123 Å². The topological polar surface area (TPSA) is 74.2 Å². The van der Waals surface area contributed by atoms with Gasteiger partial charge in [0.1, 0.15) is 10.5 Å². The minimum absolute atomic E-state index is 0.474. The van der Waals surface area contributed by atoms with Gasteiger partial charge in [-0.3, -0.25) is 0 Å². The molecule has 2 rings (SSSR count). The summed E-state index contributed by atoms with van der Waals surface area (Å²) in [6.45, 7) is 8.69. The molecule has 2 aromatic heterocycles. The van der Waals surface area contributed by atoms with E-state index in [2.05, 4.69) is 24.0 Å². The van der Waals surface area contributed by atoms with Gasteiger partial charge in [0.15, 0.2) is 0 Å². The molecule has 0 aliphatic heterocycles. The number of ether oxygens (including phenoxy) is 1. The number of anilines is 1. The number of hydrogen-bond donors (Lipinski definition) is 1. The number of nitrogen functional groups attached to an aromatic ring is 1. The molecule has 0 saturated heterocycles. The Morgan fingerprint density at radius 2 is 2.05 bits per heavy atom. The second-order valence-electron chi connectivity index (χ2n) is 4.72. The van der Waals surface area contributed by atoms with E-state index in [1.54, 1.807) is 0 Å². The molecule has 0 aliphatic rings. The van der Waals surface area contributed by atoms with Gasteiger partial charge in [0.25, 0.3) is 5.89 Å². The van der Waals surface area contributed by atoms with Crippen LogP contribution in [-0.4, -0.2) is 16.7 Å². The van der Waals surface area contributed by atoms with Crippen LogP contribution in [0.3, 0.4) is 0 Å². The number of nitrogens with two attached hydrogens (primary N) is 1. The molecule has 0 unspecified atom stereocenters. The Kier molecular flexibility index (Phi) is 4.45. The first-order valence-electron chi connectivity index (χ1n) is 6.90. The Morgan fingerprint density at radius 3 is 2.55 bits per heavy atom. The van der Waals surface area contributed by atoms with Gasteiger partial charge >= 0.3 is 0 Å². The van der Waals surface area contributed by atoms with Crippen LogP contribution in [0.15, 0.2) is 9.90 Å². The predicted octanol–water partition coefficient (Wildman–Crippen LogP) is 3.74. The first-order chi connectivity index (χ1) is 9.57. The number of aromatic nitrogens is 2. The molecular weight excluding hydrogens is 274 g/mol. The summed E-state index contributed by atoms with van der Waals surface area (Å²) in [7, 11) is 0. The van der Waals surface area contributed by atoms with Crippen LogP contribution >= 0.6 is 11.3 Å². The standard InChI is InChI=1S/C14H21N3O2S/c1-5-14(6-2,18-7-3)13-16-12(19-17-13)11-10(15)9(4)8-20-11/h8H,5-7,15H2,1-4H3. The summed E-state index contributed by atoms with van der Waals surface area (Å²) in [4.78, 5) is 5.35. The van der Waals surface area contributed by atoms with Crippen molar-refractivity contribution in [3.8, 4) is 10.8 Å². The second kappa shape index (κ2) is 5.93. The highest BCUT2D eigenvalue weighted by molar-refractivity contribution is 7.14. The average molecular weight is 295 g/mol. The quantitative estimate of drug-likeness (QED) is 0.878. The van der Waals surface area contributed by atoms with Crippen molar-refractivity contribution in [2.45, 2.75) is 46.1 Å². The predicted molar refractivity (Wildman–Crippen MR) is 80.6 cm³/mol. The highest BCUT2D eigenvalue weighted by Crippen LogP contribution is 2.36. The van der Waals surface area contributed by atoms with Crippen molar-refractivity contribution >= 4 is 17.0 Å². The molecule has 0 fully saturated rings. The molecular formula is C14H21N3O2S. The largest absolute Gasteiger partial charge is 0.397 e. The van der Waals surface area contributed by atoms with Crippen LogP contribution < -0.4 is 5.73 Å². The van der Waals surface area contributed by atoms with E-state index in [4.69, 9.17) is 15.0 Å². The van der Waals surface area contributed by atoms with Crippen molar-refractivity contribution in [2.24, 2.45) is 0 Å². The fourth-order valence-electron chi connectivity index (χ4n) is 2.23. The minimum atomic E-state index is -0.475. The normalized spacial score (nSPS) is 12.0. The molecule has 2 heterocycles. The van der Waals surface area contributed by atoms with Crippen molar-refractivity contribution in [1.82, 2.24) is 10.1 Å². The lowest BCUT2D eigenvalue weighted by molar-refractivity contribution is -0.0583. The summed E-state index contributed by atoms with van der Waals surface area (Å²) in [5.41, 5.74) is 7.30. The first kappa shape index (κ1) is 15.0. The summed E-state index contributed by atoms with van der Waals surface area (Å²) in [6, 6.07) is 0. The molecule has 0 amide bonds. The Morgan fingerprint density at radius 1 is 1.35 bits per heavy atom. The molecule has 0 aromatic carbocycles. The third-order valence-electron chi connectivity index (χ3n) is 3.61. The Bertz CT molecular complexity index is 573. The molecule has 0 saturated carbocycles. The monoisotopic (exact) mass is 295 g/mol. The fraction of sp³-hybridized carbons (Fsp3) is 0.571. The van der Waals surface area contributed by atoms with Gasteiger partial charge in [0, 0.05) is 6.61 Å². The van der Waals surface area contributed by atoms with E-state index < -0.39 is 5.60 Å². The van der Waals surface area contributed by atoms with E-state index in [0.717, 1.165) is 23.3 Å². The zero-order chi connectivity index (χ0) is 14.8. The maximum absolute atomic E-state index is 6.03. The first-order valence-corrected chi connectivity index (χ1v) is 7.78. The SMILES string of the molecule is CCOC(CC)(CC)c1noc(-c2scc(C)c2N)n1. The van der Waals surface area contributed by atoms with Gasteiger partial charge in [-0.05, 0) is 37.6 Å². The molecule has 20 heavy (non-hydrogen) atoms. The maximum Gasteiger partial charge on any atom is 0.270 e. The van der Waals surface area contributed by atoms with Gasteiger partial charge in [-0.15, -0.1) is 11.3 Å². The van der Waals surface area contributed by atoms with Crippen LogP contribution in [0, 0.1) is 6.92 Å². The molecule has 5 nitrogen and oxygen atoms in total. The molecule has 0 spiro atoms. The highest BCUT2D eigenvalue weighted by atomic mass is 32.1. The van der Waals surface area contributed by atoms with Gasteiger partial charge in [-0.25, -0.2) is 0 Å². The van der Waals surface area contributed by atoms with Crippen LogP contribution in [0.1, 0.15) is 45.0 Å². The number of nitrogens with zero attached hydrogens (tertiary/aromatic N) is 2. The molecule has 2 aromatic rings. The summed E-state index contributed by atoms with van der Waals surface area (Å²) >= 11 is 1.52. The molecule has 0 bridgehead atoms. The van der Waals surface area contributed by atoms with Gasteiger partial charge in [0.2, 0.25) is 5.82 Å². The van der Waals surface area contributed by atoms with Crippen LogP contribution in [0.4, 0.5) is 5.69 Å². The smallest absolute Gasteiger partial charge is 0.270 e. The lowest BCUT2D eigenvalue weighted by Crippen LogP contribution is -2.29. The highest BCUT2D eigenvalue weighted by Gasteiger charge is 2.35. The van der Waals surface area contributed by atoms with E-state index in [9.17, 15) is 0 Å². The van der Waals surface area contributed by atoms with Crippen molar-refractivity contribution in [3.05, 3.63) is 16.8 Å². The fourth-order valence-corrected chi connectivity index (χ4v) is 3.12.